The van der Waals surface area contributed by atoms with Crippen LogP contribution in [0.2, 0.25) is 0 Å². The van der Waals surface area contributed by atoms with Crippen molar-refractivity contribution in [3.63, 3.8) is 0 Å². The van der Waals surface area contributed by atoms with Crippen molar-refractivity contribution in [2.45, 2.75) is 27.4 Å². The highest BCUT2D eigenvalue weighted by Crippen LogP contribution is 2.33. The van der Waals surface area contributed by atoms with Crippen LogP contribution in [0.4, 0.5) is 5.69 Å². The van der Waals surface area contributed by atoms with Gasteiger partial charge in [-0.15, -0.1) is 0 Å². The van der Waals surface area contributed by atoms with E-state index in [0.717, 1.165) is 31.5 Å². The fourth-order valence-corrected chi connectivity index (χ4v) is 3.99. The Balaban J connectivity index is 1.86. The van der Waals surface area contributed by atoms with Crippen molar-refractivity contribution in [2.24, 2.45) is 4.99 Å². The summed E-state index contributed by atoms with van der Waals surface area (Å²) >= 11 is 7.17. The molecule has 0 saturated heterocycles. The molecule has 0 spiro atoms. The minimum absolute atomic E-state index is 0.505. The molecule has 0 aliphatic heterocycles. The van der Waals surface area contributed by atoms with E-state index in [1.165, 1.54) is 16.7 Å². The summed E-state index contributed by atoms with van der Waals surface area (Å²) in [5, 5.41) is 0. The summed E-state index contributed by atoms with van der Waals surface area (Å²) < 4.78 is 7.99. The summed E-state index contributed by atoms with van der Waals surface area (Å²) in [4.78, 5) is 4.64. The van der Waals surface area contributed by atoms with Gasteiger partial charge in [-0.2, -0.15) is 0 Å². The van der Waals surface area contributed by atoms with Crippen LogP contribution in [0.15, 0.2) is 68.5 Å². The second-order valence-corrected chi connectivity index (χ2v) is 8.38. The summed E-state index contributed by atoms with van der Waals surface area (Å²) in [5.41, 5.74) is 6.72. The average molecular weight is 487 g/mol. The molecule has 0 aliphatic carbocycles. The van der Waals surface area contributed by atoms with Gasteiger partial charge < -0.3 is 4.74 Å². The molecule has 0 radical (unpaired) electrons. The van der Waals surface area contributed by atoms with Crippen LogP contribution >= 0.6 is 31.9 Å². The maximum Gasteiger partial charge on any atom is 0.142 e. The highest BCUT2D eigenvalue weighted by atomic mass is 79.9. The molecule has 0 saturated carbocycles. The van der Waals surface area contributed by atoms with E-state index < -0.39 is 0 Å². The van der Waals surface area contributed by atoms with Gasteiger partial charge in [0, 0.05) is 16.3 Å². The number of benzene rings is 3. The molecule has 3 aromatic rings. The van der Waals surface area contributed by atoms with Crippen LogP contribution in [0.3, 0.4) is 0 Å². The van der Waals surface area contributed by atoms with E-state index in [9.17, 15) is 0 Å². The van der Waals surface area contributed by atoms with E-state index in [-0.39, 0.29) is 0 Å². The fraction of sp³-hybridized carbons (Fsp3) is 0.174. The molecule has 0 bridgehead atoms. The molecule has 27 heavy (non-hydrogen) atoms. The molecule has 2 nitrogen and oxygen atoms in total. The summed E-state index contributed by atoms with van der Waals surface area (Å²) in [7, 11) is 0. The van der Waals surface area contributed by atoms with Crippen LogP contribution in [0.1, 0.15) is 27.8 Å². The topological polar surface area (TPSA) is 21.6 Å². The third-order valence-corrected chi connectivity index (χ3v) is 5.43. The number of rotatable bonds is 5. The lowest BCUT2D eigenvalue weighted by Crippen LogP contribution is -1.99. The first-order chi connectivity index (χ1) is 12.9. The van der Waals surface area contributed by atoms with Crippen LogP contribution in [-0.2, 0) is 6.61 Å². The zero-order valence-corrected chi connectivity index (χ0v) is 18.8. The minimum Gasteiger partial charge on any atom is -0.487 e. The zero-order valence-electron chi connectivity index (χ0n) is 15.6. The molecule has 0 N–H and O–H groups in total. The number of ether oxygens (including phenoxy) is 1. The van der Waals surface area contributed by atoms with E-state index in [1.807, 2.05) is 24.4 Å². The lowest BCUT2D eigenvalue weighted by Gasteiger charge is -2.12. The van der Waals surface area contributed by atoms with Crippen molar-refractivity contribution < 1.29 is 4.74 Å². The molecule has 0 aliphatic rings. The Morgan fingerprint density at radius 3 is 2.33 bits per heavy atom. The van der Waals surface area contributed by atoms with Gasteiger partial charge in [0.15, 0.2) is 0 Å². The first-order valence-electron chi connectivity index (χ1n) is 8.71. The largest absolute Gasteiger partial charge is 0.487 e. The molecule has 138 valence electrons. The second kappa shape index (κ2) is 8.85. The van der Waals surface area contributed by atoms with Crippen molar-refractivity contribution >= 4 is 43.8 Å². The van der Waals surface area contributed by atoms with Gasteiger partial charge in [-0.05, 0) is 77.7 Å². The van der Waals surface area contributed by atoms with Crippen LogP contribution in [0, 0.1) is 20.8 Å². The highest BCUT2D eigenvalue weighted by Gasteiger charge is 2.10. The number of halogens is 2. The van der Waals surface area contributed by atoms with Crippen molar-refractivity contribution in [3.05, 3.63) is 91.4 Å². The van der Waals surface area contributed by atoms with Gasteiger partial charge >= 0.3 is 0 Å². The van der Waals surface area contributed by atoms with E-state index >= 15 is 0 Å². The monoisotopic (exact) mass is 485 g/mol. The Hall–Kier alpha value is -1.91. The molecular weight excluding hydrogens is 466 g/mol. The molecule has 3 rings (SSSR count). The van der Waals surface area contributed by atoms with Crippen LogP contribution in [-0.4, -0.2) is 6.21 Å². The highest BCUT2D eigenvalue weighted by molar-refractivity contribution is 9.11. The smallest absolute Gasteiger partial charge is 0.142 e. The molecule has 0 aromatic heterocycles. The molecule has 0 amide bonds. The van der Waals surface area contributed by atoms with Gasteiger partial charge in [0.2, 0.25) is 0 Å². The fourth-order valence-electron chi connectivity index (χ4n) is 2.62. The van der Waals surface area contributed by atoms with Crippen LogP contribution < -0.4 is 4.74 Å². The van der Waals surface area contributed by atoms with Gasteiger partial charge in [-0.1, -0.05) is 51.8 Å². The number of nitrogens with zero attached hydrogens (tertiary/aromatic N) is 1. The number of aliphatic imine (C=N–C) groups is 1. The second-order valence-electron chi connectivity index (χ2n) is 6.61. The summed E-state index contributed by atoms with van der Waals surface area (Å²) in [6.45, 7) is 6.79. The normalized spacial score (nSPS) is 11.1. The Labute approximate surface area is 177 Å². The summed E-state index contributed by atoms with van der Waals surface area (Å²) in [5.74, 6) is 0.784. The van der Waals surface area contributed by atoms with Crippen LogP contribution in [0.25, 0.3) is 0 Å². The first-order valence-corrected chi connectivity index (χ1v) is 10.3. The zero-order chi connectivity index (χ0) is 19.4. The first kappa shape index (κ1) is 19.8. The lowest BCUT2D eigenvalue weighted by atomic mass is 10.1. The number of hydrogen-bond donors (Lipinski definition) is 0. The Kier molecular flexibility index (Phi) is 6.51. The van der Waals surface area contributed by atoms with Crippen molar-refractivity contribution in [3.8, 4) is 5.75 Å². The average Bonchev–Trinajstić information content (AvgIpc) is 2.63. The molecule has 0 heterocycles. The van der Waals surface area contributed by atoms with Gasteiger partial charge in [0.05, 0.1) is 10.2 Å². The molecule has 0 unspecified atom stereocenters. The molecule has 0 fully saturated rings. The van der Waals surface area contributed by atoms with E-state index in [2.05, 4.69) is 94.0 Å². The lowest BCUT2D eigenvalue weighted by molar-refractivity contribution is 0.304. The van der Waals surface area contributed by atoms with Crippen molar-refractivity contribution in [1.82, 2.24) is 0 Å². The van der Waals surface area contributed by atoms with Crippen LogP contribution in [0.5, 0.6) is 5.75 Å². The molecule has 4 heteroatoms. The molecule has 3 aromatic carbocycles. The predicted octanol–water partition coefficient (Wildman–Crippen LogP) is 7.47. The Bertz CT molecular complexity index is 978. The third-order valence-electron chi connectivity index (χ3n) is 4.38. The van der Waals surface area contributed by atoms with Gasteiger partial charge in [0.25, 0.3) is 0 Å². The predicted molar refractivity (Wildman–Crippen MR) is 121 cm³/mol. The van der Waals surface area contributed by atoms with Gasteiger partial charge in [0.1, 0.15) is 12.4 Å². The Morgan fingerprint density at radius 1 is 0.889 bits per heavy atom. The van der Waals surface area contributed by atoms with Crippen molar-refractivity contribution in [1.29, 1.82) is 0 Å². The molecule has 0 atom stereocenters. The number of hydrogen-bond acceptors (Lipinski definition) is 2. The van der Waals surface area contributed by atoms with E-state index in [4.69, 9.17) is 4.74 Å². The maximum atomic E-state index is 6.12. The van der Waals surface area contributed by atoms with Gasteiger partial charge in [-0.3, -0.25) is 4.99 Å². The Morgan fingerprint density at radius 2 is 1.63 bits per heavy atom. The molecular formula is C23H21Br2NO. The standard InChI is InChI=1S/C23H21Br2NO/c1-15-4-7-18(8-5-15)14-27-23-19(11-20(24)12-22(23)25)13-26-21-9-6-16(2)17(3)10-21/h4-13H,14H2,1-3H3. The number of aryl methyl sites for hydroxylation is 3. The quantitative estimate of drug-likeness (QED) is 0.343. The summed E-state index contributed by atoms with van der Waals surface area (Å²) in [6.07, 6.45) is 1.85. The maximum absolute atomic E-state index is 6.12. The van der Waals surface area contributed by atoms with Crippen molar-refractivity contribution in [2.75, 3.05) is 0 Å². The third kappa shape index (κ3) is 5.30. The van der Waals surface area contributed by atoms with E-state index in [1.54, 1.807) is 0 Å². The summed E-state index contributed by atoms with van der Waals surface area (Å²) in [6, 6.07) is 18.6. The SMILES string of the molecule is Cc1ccc(COc2c(Br)cc(Br)cc2C=Nc2ccc(C)c(C)c2)cc1. The van der Waals surface area contributed by atoms with E-state index in [0.29, 0.717) is 6.61 Å². The van der Waals surface area contributed by atoms with Gasteiger partial charge in [-0.25, -0.2) is 0 Å². The minimum atomic E-state index is 0.505.